The first-order chi connectivity index (χ1) is 26.9. The molecule has 25 nitrogen and oxygen atoms in total. The van der Waals surface area contributed by atoms with E-state index in [1.54, 1.807) is 13.8 Å². The lowest BCUT2D eigenvalue weighted by Gasteiger charge is -2.26. The summed E-state index contributed by atoms with van der Waals surface area (Å²) in [5.41, 5.74) is 16.3. The summed E-state index contributed by atoms with van der Waals surface area (Å²) >= 11 is 0. The Kier molecular flexibility index (Phi) is 21.9. The maximum atomic E-state index is 13.5. The van der Waals surface area contributed by atoms with Gasteiger partial charge in [0.25, 0.3) is 0 Å². The molecule has 1 heterocycles. The molecule has 6 atom stereocenters. The maximum Gasteiger partial charge on any atom is 0.328 e. The number of carboxylic acid groups (broad SMARTS) is 2. The van der Waals surface area contributed by atoms with Crippen molar-refractivity contribution in [2.24, 2.45) is 28.1 Å². The van der Waals surface area contributed by atoms with Gasteiger partial charge in [0.15, 0.2) is 5.96 Å². The van der Waals surface area contributed by atoms with Gasteiger partial charge in [-0.2, -0.15) is 0 Å². The van der Waals surface area contributed by atoms with Crippen LogP contribution in [0.15, 0.2) is 17.5 Å². The summed E-state index contributed by atoms with van der Waals surface area (Å²) < 4.78 is 0. The summed E-state index contributed by atoms with van der Waals surface area (Å²) in [6.07, 6.45) is 1.85. The van der Waals surface area contributed by atoms with Gasteiger partial charge in [0, 0.05) is 31.3 Å². The molecular weight excluding hydrogens is 758 g/mol. The molecule has 1 aromatic rings. The second-order valence-corrected chi connectivity index (χ2v) is 12.6. The highest BCUT2D eigenvalue weighted by Crippen LogP contribution is 2.10. The average molecular weight is 812 g/mol. The molecule has 57 heavy (non-hydrogen) atoms. The lowest BCUT2D eigenvalue weighted by molar-refractivity contribution is -0.143. The van der Waals surface area contributed by atoms with Gasteiger partial charge in [-0.1, -0.05) is 20.3 Å². The molecule has 0 saturated carbocycles. The summed E-state index contributed by atoms with van der Waals surface area (Å²) in [5.74, 6) is -9.58. The Morgan fingerprint density at radius 3 is 1.95 bits per heavy atom. The topological polar surface area (TPSA) is 418 Å². The number of rotatable bonds is 27. The summed E-state index contributed by atoms with van der Waals surface area (Å²) in [6.45, 7) is 0.799. The number of imidazole rings is 1. The summed E-state index contributed by atoms with van der Waals surface area (Å²) in [5, 5.41) is 44.3. The Labute approximate surface area is 326 Å². The summed E-state index contributed by atoms with van der Waals surface area (Å²) in [4.78, 5) is 123. The van der Waals surface area contributed by atoms with Gasteiger partial charge < -0.3 is 74.7 Å². The van der Waals surface area contributed by atoms with Crippen LogP contribution in [0.1, 0.15) is 51.6 Å². The minimum absolute atomic E-state index is 0.0267. The van der Waals surface area contributed by atoms with Crippen LogP contribution in [0.4, 0.5) is 0 Å². The average Bonchev–Trinajstić information content (AvgIpc) is 3.68. The third-order valence-electron chi connectivity index (χ3n) is 8.15. The third-order valence-corrected chi connectivity index (χ3v) is 8.15. The highest BCUT2D eigenvalue weighted by Gasteiger charge is 2.32. The van der Waals surface area contributed by atoms with Crippen molar-refractivity contribution in [3.8, 4) is 0 Å². The van der Waals surface area contributed by atoms with Crippen LogP contribution in [0.3, 0.4) is 0 Å². The van der Waals surface area contributed by atoms with Gasteiger partial charge in [-0.25, -0.2) is 9.78 Å². The van der Waals surface area contributed by atoms with Crippen molar-refractivity contribution in [1.82, 2.24) is 47.2 Å². The monoisotopic (exact) mass is 811 g/mol. The second-order valence-electron chi connectivity index (χ2n) is 12.6. The SMILES string of the molecule is CC[C@H](C)[C@H](NC(=O)CNC(=O)CN)C(=O)N[C@@H](CCC(=O)O)C(=O)NCC(=O)N[C@@H](CCCN=C(N)N)C(=O)N[C@@H](Cc1cnc[nH]1)C(=O)N[C@@H](CO)C(=O)O. The number of carbonyl (C=O) groups excluding carboxylic acids is 7. The number of hydrogen-bond acceptors (Lipinski definition) is 13. The number of nitrogens with zero attached hydrogens (tertiary/aromatic N) is 2. The molecule has 7 amide bonds. The van der Waals surface area contributed by atoms with E-state index in [0.29, 0.717) is 12.1 Å². The number of guanidine groups is 1. The minimum atomic E-state index is -1.70. The van der Waals surface area contributed by atoms with Crippen molar-refractivity contribution in [1.29, 1.82) is 0 Å². The van der Waals surface area contributed by atoms with Crippen LogP contribution in [-0.2, 0) is 49.6 Å². The van der Waals surface area contributed by atoms with Crippen LogP contribution in [0.5, 0.6) is 0 Å². The molecule has 0 bridgehead atoms. The predicted octanol–water partition coefficient (Wildman–Crippen LogP) is -6.39. The fourth-order valence-corrected chi connectivity index (χ4v) is 4.84. The Bertz CT molecular complexity index is 1570. The highest BCUT2D eigenvalue weighted by atomic mass is 16.4. The molecule has 0 aliphatic rings. The number of aliphatic hydroxyl groups is 1. The fraction of sp³-hybridized carbons (Fsp3) is 0.594. The standard InChI is InChI=1S/C32H53N13O12/c1-3-16(2)26(45-24(49)12-38-22(47)10-33)30(55)42-19(6-7-25(50)51)27(52)39-13-23(48)41-18(5-4-8-37-32(34)35)28(53)43-20(9-17-11-36-15-40-17)29(54)44-21(14-46)31(56)57/h11,15-16,18-21,26,46H,3-10,12-14,33H2,1-2H3,(H,36,40)(H,38,47)(H,39,52)(H,41,48)(H,42,55)(H,43,53)(H,44,54)(H,45,49)(H,50,51)(H,56,57)(H4,34,35,37)/t16-,18-,19-,20-,21-,26-/m0/s1. The zero-order valence-corrected chi connectivity index (χ0v) is 31.5. The highest BCUT2D eigenvalue weighted by molar-refractivity contribution is 5.96. The molecule has 17 N–H and O–H groups in total. The van der Waals surface area contributed by atoms with E-state index in [4.69, 9.17) is 17.2 Å². The minimum Gasteiger partial charge on any atom is -0.481 e. The first-order valence-electron chi connectivity index (χ1n) is 17.7. The Balaban J connectivity index is 3.17. The zero-order valence-electron chi connectivity index (χ0n) is 31.5. The number of aliphatic carboxylic acids is 2. The molecule has 0 fully saturated rings. The first-order valence-corrected chi connectivity index (χ1v) is 17.7. The molecule has 1 rings (SSSR count). The molecule has 1 aromatic heterocycles. The Hall–Kier alpha value is -6.37. The molecule has 0 unspecified atom stereocenters. The number of nitrogens with one attached hydrogen (secondary N) is 8. The van der Waals surface area contributed by atoms with E-state index in [-0.39, 0.29) is 38.3 Å². The molecule has 0 saturated heterocycles. The number of hydrogen-bond donors (Lipinski definition) is 14. The number of nitrogens with two attached hydrogens (primary N) is 3. The van der Waals surface area contributed by atoms with E-state index in [9.17, 15) is 58.5 Å². The number of amides is 7. The van der Waals surface area contributed by atoms with Gasteiger partial charge in [0.2, 0.25) is 41.4 Å². The lowest BCUT2D eigenvalue weighted by Crippen LogP contribution is -2.58. The van der Waals surface area contributed by atoms with Crippen LogP contribution < -0.4 is 54.4 Å². The van der Waals surface area contributed by atoms with Gasteiger partial charge in [0.1, 0.15) is 30.2 Å². The number of aliphatic imine (C=N–C) groups is 1. The molecular formula is C32H53N13O12. The van der Waals surface area contributed by atoms with Crippen molar-refractivity contribution in [3.63, 3.8) is 0 Å². The smallest absolute Gasteiger partial charge is 0.328 e. The van der Waals surface area contributed by atoms with Crippen molar-refractivity contribution in [2.45, 2.75) is 82.6 Å². The number of carboxylic acids is 2. The largest absolute Gasteiger partial charge is 0.481 e. The first kappa shape index (κ1) is 48.6. The lowest BCUT2D eigenvalue weighted by atomic mass is 9.97. The van der Waals surface area contributed by atoms with Crippen molar-refractivity contribution < 1.29 is 58.5 Å². The maximum absolute atomic E-state index is 13.5. The van der Waals surface area contributed by atoms with Gasteiger partial charge >= 0.3 is 11.9 Å². The van der Waals surface area contributed by atoms with Crippen LogP contribution in [-0.4, -0.2) is 148 Å². The normalized spacial score (nSPS) is 13.8. The van der Waals surface area contributed by atoms with Crippen LogP contribution in [0.25, 0.3) is 0 Å². The van der Waals surface area contributed by atoms with Crippen LogP contribution in [0, 0.1) is 5.92 Å². The van der Waals surface area contributed by atoms with E-state index >= 15 is 0 Å². The van der Waals surface area contributed by atoms with Gasteiger partial charge in [-0.05, 0) is 25.2 Å². The van der Waals surface area contributed by atoms with Gasteiger partial charge in [-0.15, -0.1) is 0 Å². The molecule has 0 aliphatic heterocycles. The van der Waals surface area contributed by atoms with Crippen molar-refractivity contribution >= 4 is 59.2 Å². The van der Waals surface area contributed by atoms with E-state index < -0.39 is 122 Å². The van der Waals surface area contributed by atoms with Gasteiger partial charge in [0.05, 0.1) is 32.6 Å². The predicted molar refractivity (Wildman–Crippen MR) is 198 cm³/mol. The van der Waals surface area contributed by atoms with E-state index in [1.807, 2.05) is 0 Å². The van der Waals surface area contributed by atoms with Crippen LogP contribution >= 0.6 is 0 Å². The zero-order chi connectivity index (χ0) is 43.1. The number of carbonyl (C=O) groups is 9. The van der Waals surface area contributed by atoms with E-state index in [1.165, 1.54) is 12.5 Å². The second kappa shape index (κ2) is 25.7. The fourth-order valence-electron chi connectivity index (χ4n) is 4.84. The molecule has 0 aliphatic carbocycles. The number of aliphatic hydroxyl groups excluding tert-OH is 1. The Morgan fingerprint density at radius 1 is 0.789 bits per heavy atom. The molecule has 0 radical (unpaired) electrons. The van der Waals surface area contributed by atoms with Gasteiger partial charge in [-0.3, -0.25) is 43.3 Å². The van der Waals surface area contributed by atoms with Crippen LogP contribution in [0.2, 0.25) is 0 Å². The molecule has 0 aromatic carbocycles. The van der Waals surface area contributed by atoms with E-state index in [2.05, 4.69) is 52.2 Å². The molecule has 0 spiro atoms. The Morgan fingerprint density at radius 2 is 1.39 bits per heavy atom. The van der Waals surface area contributed by atoms with Crippen molar-refractivity contribution in [2.75, 3.05) is 32.8 Å². The van der Waals surface area contributed by atoms with E-state index in [0.717, 1.165) is 0 Å². The number of H-pyrrole nitrogens is 1. The molecule has 318 valence electrons. The number of aromatic amines is 1. The summed E-state index contributed by atoms with van der Waals surface area (Å²) in [7, 11) is 0. The third kappa shape index (κ3) is 19.2. The summed E-state index contributed by atoms with van der Waals surface area (Å²) in [6, 6.07) is -7.23. The quantitative estimate of drug-likeness (QED) is 0.0223. The number of aromatic nitrogens is 2. The van der Waals surface area contributed by atoms with Crippen molar-refractivity contribution in [3.05, 3.63) is 18.2 Å². The molecule has 25 heteroatoms.